The maximum absolute atomic E-state index is 5.85. The lowest BCUT2D eigenvalue weighted by atomic mass is 10.0. The molecule has 116 valence electrons. The van der Waals surface area contributed by atoms with Crippen molar-refractivity contribution >= 4 is 11.6 Å². The highest BCUT2D eigenvalue weighted by molar-refractivity contribution is 6.30. The number of benzene rings is 1. The molecule has 1 aromatic rings. The minimum Gasteiger partial charge on any atom is -0.492 e. The SMILES string of the molecule is CN(C)CC=C1CCN(CCOc2ccc(Cl)cc2)CC1. The van der Waals surface area contributed by atoms with Gasteiger partial charge in [0.05, 0.1) is 0 Å². The van der Waals surface area contributed by atoms with Crippen molar-refractivity contribution in [3.8, 4) is 5.75 Å². The van der Waals surface area contributed by atoms with Gasteiger partial charge in [0.25, 0.3) is 0 Å². The van der Waals surface area contributed by atoms with Crippen LogP contribution in [-0.2, 0) is 0 Å². The third-order valence-corrected chi connectivity index (χ3v) is 3.99. The van der Waals surface area contributed by atoms with Gasteiger partial charge in [0.15, 0.2) is 0 Å². The molecule has 2 rings (SSSR count). The number of piperidine rings is 1. The monoisotopic (exact) mass is 308 g/mol. The van der Waals surface area contributed by atoms with Crippen molar-refractivity contribution in [2.45, 2.75) is 12.8 Å². The summed E-state index contributed by atoms with van der Waals surface area (Å²) in [5, 5.41) is 0.746. The highest BCUT2D eigenvalue weighted by Gasteiger charge is 2.13. The Morgan fingerprint density at radius 2 is 1.86 bits per heavy atom. The van der Waals surface area contributed by atoms with Crippen LogP contribution in [0.5, 0.6) is 5.75 Å². The number of rotatable bonds is 6. The third-order valence-electron chi connectivity index (χ3n) is 3.73. The lowest BCUT2D eigenvalue weighted by molar-refractivity contribution is 0.199. The fourth-order valence-electron chi connectivity index (χ4n) is 2.40. The first-order chi connectivity index (χ1) is 10.1. The summed E-state index contributed by atoms with van der Waals surface area (Å²) < 4.78 is 5.75. The second-order valence-electron chi connectivity index (χ2n) is 5.77. The molecule has 0 amide bonds. The standard InChI is InChI=1S/C17H25ClN2O/c1-19(2)10-7-15-8-11-20(12-9-15)13-14-21-17-5-3-16(18)4-6-17/h3-7H,8-14H2,1-2H3. The summed E-state index contributed by atoms with van der Waals surface area (Å²) in [5.41, 5.74) is 1.60. The minimum atomic E-state index is 0.735. The summed E-state index contributed by atoms with van der Waals surface area (Å²) in [7, 11) is 4.22. The highest BCUT2D eigenvalue weighted by atomic mass is 35.5. The van der Waals surface area contributed by atoms with Crippen molar-refractivity contribution in [1.82, 2.24) is 9.80 Å². The largest absolute Gasteiger partial charge is 0.492 e. The summed E-state index contributed by atoms with van der Waals surface area (Å²) in [6, 6.07) is 7.56. The van der Waals surface area contributed by atoms with Gasteiger partial charge < -0.3 is 9.64 Å². The Kier molecular flexibility index (Phi) is 6.55. The van der Waals surface area contributed by atoms with Gasteiger partial charge in [0.2, 0.25) is 0 Å². The number of likely N-dealkylation sites (N-methyl/N-ethyl adjacent to an activating group) is 1. The molecule has 4 heteroatoms. The van der Waals surface area contributed by atoms with E-state index in [0.29, 0.717) is 0 Å². The molecule has 1 aliphatic rings. The van der Waals surface area contributed by atoms with E-state index >= 15 is 0 Å². The molecule has 0 bridgehead atoms. The molecule has 0 saturated carbocycles. The number of halogens is 1. The first-order valence-corrected chi connectivity index (χ1v) is 7.94. The Labute approximate surface area is 133 Å². The fraction of sp³-hybridized carbons (Fsp3) is 0.529. The normalized spacial score (nSPS) is 16.3. The lowest BCUT2D eigenvalue weighted by Crippen LogP contribution is -2.34. The van der Waals surface area contributed by atoms with Crippen molar-refractivity contribution in [1.29, 1.82) is 0 Å². The molecule has 1 heterocycles. The Hall–Kier alpha value is -1.03. The second-order valence-corrected chi connectivity index (χ2v) is 6.21. The van der Waals surface area contributed by atoms with Crippen molar-refractivity contribution in [2.75, 3.05) is 46.9 Å². The number of ether oxygens (including phenoxy) is 1. The molecule has 0 aromatic heterocycles. The zero-order valence-corrected chi connectivity index (χ0v) is 13.8. The van der Waals surface area contributed by atoms with E-state index in [1.54, 1.807) is 5.57 Å². The number of nitrogens with zero attached hydrogens (tertiary/aromatic N) is 2. The molecule has 1 aromatic carbocycles. The van der Waals surface area contributed by atoms with Crippen LogP contribution < -0.4 is 4.74 Å². The molecular formula is C17H25ClN2O. The smallest absolute Gasteiger partial charge is 0.119 e. The fourth-order valence-corrected chi connectivity index (χ4v) is 2.53. The maximum atomic E-state index is 5.85. The molecule has 1 fully saturated rings. The molecule has 0 radical (unpaired) electrons. The van der Waals surface area contributed by atoms with Crippen LogP contribution in [0, 0.1) is 0 Å². The third kappa shape index (κ3) is 6.08. The van der Waals surface area contributed by atoms with E-state index in [1.807, 2.05) is 24.3 Å². The average molecular weight is 309 g/mol. The Morgan fingerprint density at radius 1 is 1.19 bits per heavy atom. The van der Waals surface area contributed by atoms with Gasteiger partial charge in [-0.25, -0.2) is 0 Å². The van der Waals surface area contributed by atoms with Crippen LogP contribution in [0.15, 0.2) is 35.9 Å². The van der Waals surface area contributed by atoms with Crippen molar-refractivity contribution < 1.29 is 4.74 Å². The van der Waals surface area contributed by atoms with Crippen molar-refractivity contribution in [3.05, 3.63) is 40.9 Å². The predicted octanol–water partition coefficient (Wildman–Crippen LogP) is 3.30. The van der Waals surface area contributed by atoms with Crippen molar-refractivity contribution in [3.63, 3.8) is 0 Å². The molecular weight excluding hydrogens is 284 g/mol. The lowest BCUT2D eigenvalue weighted by Gasteiger charge is -2.28. The number of hydrogen-bond donors (Lipinski definition) is 0. The molecule has 3 nitrogen and oxygen atoms in total. The molecule has 0 atom stereocenters. The predicted molar refractivity (Wildman–Crippen MR) is 89.3 cm³/mol. The topological polar surface area (TPSA) is 15.7 Å². The van der Waals surface area contributed by atoms with Gasteiger partial charge >= 0.3 is 0 Å². The van der Waals surface area contributed by atoms with E-state index < -0.39 is 0 Å². The van der Waals surface area contributed by atoms with Gasteiger partial charge in [0.1, 0.15) is 12.4 Å². The van der Waals surface area contributed by atoms with E-state index in [4.69, 9.17) is 16.3 Å². The molecule has 1 aliphatic heterocycles. The zero-order chi connectivity index (χ0) is 15.1. The molecule has 0 aliphatic carbocycles. The summed E-state index contributed by atoms with van der Waals surface area (Å²) in [5.74, 6) is 0.892. The maximum Gasteiger partial charge on any atom is 0.119 e. The highest BCUT2D eigenvalue weighted by Crippen LogP contribution is 2.17. The number of hydrogen-bond acceptors (Lipinski definition) is 3. The van der Waals surface area contributed by atoms with E-state index in [-0.39, 0.29) is 0 Å². The first-order valence-electron chi connectivity index (χ1n) is 7.57. The van der Waals surface area contributed by atoms with Gasteiger partial charge in [-0.05, 0) is 51.2 Å². The van der Waals surface area contributed by atoms with Gasteiger partial charge in [-0.15, -0.1) is 0 Å². The summed E-state index contributed by atoms with van der Waals surface area (Å²) in [6.45, 7) is 5.06. The molecule has 21 heavy (non-hydrogen) atoms. The van der Waals surface area contributed by atoms with Crippen LogP contribution in [0.4, 0.5) is 0 Å². The second kappa shape index (κ2) is 8.42. The molecule has 0 unspecified atom stereocenters. The van der Waals surface area contributed by atoms with E-state index in [9.17, 15) is 0 Å². The Morgan fingerprint density at radius 3 is 2.48 bits per heavy atom. The van der Waals surface area contributed by atoms with Crippen LogP contribution in [-0.4, -0.2) is 56.7 Å². The van der Waals surface area contributed by atoms with E-state index in [0.717, 1.165) is 43.6 Å². The van der Waals surface area contributed by atoms with Gasteiger partial charge in [-0.1, -0.05) is 23.3 Å². The molecule has 0 spiro atoms. The van der Waals surface area contributed by atoms with Crippen LogP contribution in [0.3, 0.4) is 0 Å². The zero-order valence-electron chi connectivity index (χ0n) is 13.0. The molecule has 1 saturated heterocycles. The minimum absolute atomic E-state index is 0.735. The van der Waals surface area contributed by atoms with Crippen LogP contribution in [0.25, 0.3) is 0 Å². The van der Waals surface area contributed by atoms with Crippen LogP contribution >= 0.6 is 11.6 Å². The van der Waals surface area contributed by atoms with E-state index in [2.05, 4.69) is 30.0 Å². The Balaban J connectivity index is 1.65. The number of likely N-dealkylation sites (tertiary alicyclic amines) is 1. The van der Waals surface area contributed by atoms with Gasteiger partial charge in [0, 0.05) is 31.2 Å². The van der Waals surface area contributed by atoms with Crippen LogP contribution in [0.1, 0.15) is 12.8 Å². The van der Waals surface area contributed by atoms with Gasteiger partial charge in [-0.2, -0.15) is 0 Å². The summed E-state index contributed by atoms with van der Waals surface area (Å²) in [4.78, 5) is 4.68. The molecule has 0 N–H and O–H groups in total. The average Bonchev–Trinajstić information content (AvgIpc) is 2.48. The Bertz CT molecular complexity index is 446. The first kappa shape index (κ1) is 16.3. The quantitative estimate of drug-likeness (QED) is 0.750. The van der Waals surface area contributed by atoms with E-state index in [1.165, 1.54) is 12.8 Å². The van der Waals surface area contributed by atoms with Crippen LogP contribution in [0.2, 0.25) is 5.02 Å². The summed E-state index contributed by atoms with van der Waals surface area (Å²) in [6.07, 6.45) is 4.76. The van der Waals surface area contributed by atoms with Gasteiger partial charge in [-0.3, -0.25) is 4.90 Å². The summed E-state index contributed by atoms with van der Waals surface area (Å²) >= 11 is 5.85. The van der Waals surface area contributed by atoms with Crippen molar-refractivity contribution in [2.24, 2.45) is 0 Å².